The van der Waals surface area contributed by atoms with E-state index < -0.39 is 0 Å². The summed E-state index contributed by atoms with van der Waals surface area (Å²) in [6, 6.07) is 6.81. The highest BCUT2D eigenvalue weighted by Crippen LogP contribution is 2.47. The van der Waals surface area contributed by atoms with Crippen LogP contribution in [0, 0.1) is 17.8 Å². The molecule has 2 fully saturated rings. The van der Waals surface area contributed by atoms with E-state index in [-0.39, 0.29) is 5.91 Å². The van der Waals surface area contributed by atoms with Crippen molar-refractivity contribution in [1.82, 2.24) is 5.43 Å². The van der Waals surface area contributed by atoms with Gasteiger partial charge >= 0.3 is 0 Å². The molecule has 2 bridgehead atoms. The number of fused-ring (bicyclic) bond motifs is 2. The molecule has 0 heterocycles. The molecule has 4 heteroatoms. The minimum absolute atomic E-state index is 0.184. The minimum Gasteiger partial charge on any atom is -0.267 e. The Hall–Kier alpha value is -1.35. The monoisotopic (exact) mass is 276 g/mol. The number of hydrogen-bond donors (Lipinski definition) is 1. The number of carbonyl (C=O) groups is 1. The van der Waals surface area contributed by atoms with Crippen LogP contribution < -0.4 is 5.43 Å². The van der Waals surface area contributed by atoms with Crippen LogP contribution in [-0.4, -0.2) is 12.1 Å². The van der Waals surface area contributed by atoms with Gasteiger partial charge in [-0.1, -0.05) is 18.0 Å². The van der Waals surface area contributed by atoms with Crippen molar-refractivity contribution in [2.75, 3.05) is 0 Å². The lowest BCUT2D eigenvalue weighted by Gasteiger charge is -2.16. The van der Waals surface area contributed by atoms with Gasteiger partial charge in [0.2, 0.25) is 0 Å². The number of hydrazone groups is 1. The zero-order chi connectivity index (χ0) is 13.2. The first kappa shape index (κ1) is 12.7. The maximum Gasteiger partial charge on any atom is 0.271 e. The number of rotatable bonds is 3. The van der Waals surface area contributed by atoms with Crippen LogP contribution in [0.1, 0.15) is 36.0 Å². The topological polar surface area (TPSA) is 41.5 Å². The van der Waals surface area contributed by atoms with E-state index in [9.17, 15) is 4.79 Å². The summed E-state index contributed by atoms with van der Waals surface area (Å²) in [5, 5.41) is 4.74. The lowest BCUT2D eigenvalue weighted by Crippen LogP contribution is -2.20. The lowest BCUT2D eigenvalue weighted by molar-refractivity contribution is 0.0955. The third kappa shape index (κ3) is 2.81. The smallest absolute Gasteiger partial charge is 0.267 e. The maximum absolute atomic E-state index is 11.8. The van der Waals surface area contributed by atoms with Crippen LogP contribution in [0.25, 0.3) is 0 Å². The summed E-state index contributed by atoms with van der Waals surface area (Å²) in [7, 11) is 0. The summed E-state index contributed by atoms with van der Waals surface area (Å²) in [4.78, 5) is 11.8. The van der Waals surface area contributed by atoms with E-state index in [1.165, 1.54) is 25.7 Å². The summed E-state index contributed by atoms with van der Waals surface area (Å²) >= 11 is 5.78. The Balaban J connectivity index is 1.54. The van der Waals surface area contributed by atoms with Crippen LogP contribution >= 0.6 is 11.6 Å². The molecule has 0 aromatic heterocycles. The average molecular weight is 277 g/mol. The first-order chi connectivity index (χ1) is 9.22. The van der Waals surface area contributed by atoms with Gasteiger partial charge in [0.15, 0.2) is 0 Å². The van der Waals surface area contributed by atoms with E-state index in [1.54, 1.807) is 24.3 Å². The van der Waals surface area contributed by atoms with Crippen LogP contribution in [0.5, 0.6) is 0 Å². The van der Waals surface area contributed by atoms with E-state index in [0.29, 0.717) is 16.5 Å². The second-order valence-corrected chi connectivity index (χ2v) is 6.00. The fourth-order valence-electron chi connectivity index (χ4n) is 3.33. The highest BCUT2D eigenvalue weighted by Gasteiger charge is 2.38. The van der Waals surface area contributed by atoms with Crippen LogP contribution in [-0.2, 0) is 0 Å². The molecule has 3 atom stereocenters. The molecule has 3 rings (SSSR count). The molecule has 0 spiro atoms. The number of benzene rings is 1. The Labute approximate surface area is 118 Å². The standard InChI is InChI=1S/C15H17ClN2O/c16-14-5-3-11(4-6-14)15(19)18-17-9-13-8-10-1-2-12(13)7-10/h3-6,9-10,12-13H,1-2,7-8H2,(H,18,19)/b17-9-/t10-,12-,13-/m1/s1. The summed E-state index contributed by atoms with van der Waals surface area (Å²) < 4.78 is 0. The van der Waals surface area contributed by atoms with E-state index in [4.69, 9.17) is 11.6 Å². The maximum atomic E-state index is 11.8. The van der Waals surface area contributed by atoms with Crippen LogP contribution in [0.2, 0.25) is 5.02 Å². The molecule has 100 valence electrons. The molecule has 2 aliphatic rings. The zero-order valence-corrected chi connectivity index (χ0v) is 11.4. The second kappa shape index (κ2) is 5.33. The molecule has 0 saturated heterocycles. The molecule has 3 nitrogen and oxygen atoms in total. The predicted molar refractivity (Wildman–Crippen MR) is 76.3 cm³/mol. The lowest BCUT2D eigenvalue weighted by atomic mass is 9.90. The molecule has 0 radical (unpaired) electrons. The van der Waals surface area contributed by atoms with Gasteiger partial charge in [-0.3, -0.25) is 4.79 Å². The van der Waals surface area contributed by atoms with Crippen molar-refractivity contribution < 1.29 is 4.79 Å². The third-order valence-corrected chi connectivity index (χ3v) is 4.58. The number of amides is 1. The van der Waals surface area contributed by atoms with Gasteiger partial charge in [0, 0.05) is 16.8 Å². The Kier molecular flexibility index (Phi) is 3.56. The number of nitrogens with zero attached hydrogens (tertiary/aromatic N) is 1. The van der Waals surface area contributed by atoms with Crippen molar-refractivity contribution >= 4 is 23.7 Å². The van der Waals surface area contributed by atoms with Crippen molar-refractivity contribution in [1.29, 1.82) is 0 Å². The van der Waals surface area contributed by atoms with Gasteiger partial charge in [0.05, 0.1) is 0 Å². The quantitative estimate of drug-likeness (QED) is 0.666. The van der Waals surface area contributed by atoms with Crippen molar-refractivity contribution in [3.63, 3.8) is 0 Å². The molecule has 1 amide bonds. The molecular formula is C15H17ClN2O. The van der Waals surface area contributed by atoms with Crippen LogP contribution in [0.3, 0.4) is 0 Å². The van der Waals surface area contributed by atoms with E-state index in [1.807, 2.05) is 6.21 Å². The van der Waals surface area contributed by atoms with Crippen molar-refractivity contribution in [3.8, 4) is 0 Å². The Morgan fingerprint density at radius 2 is 2.05 bits per heavy atom. The molecule has 1 aromatic rings. The van der Waals surface area contributed by atoms with Crippen molar-refractivity contribution in [3.05, 3.63) is 34.9 Å². The largest absolute Gasteiger partial charge is 0.271 e. The van der Waals surface area contributed by atoms with Gasteiger partial charge < -0.3 is 0 Å². The van der Waals surface area contributed by atoms with Crippen molar-refractivity contribution in [2.45, 2.75) is 25.7 Å². The first-order valence-corrected chi connectivity index (χ1v) is 7.19. The van der Waals surface area contributed by atoms with Gasteiger partial charge in [-0.2, -0.15) is 5.10 Å². The molecule has 19 heavy (non-hydrogen) atoms. The number of hydrogen-bond acceptors (Lipinski definition) is 2. The summed E-state index contributed by atoms with van der Waals surface area (Å²) in [5.74, 6) is 2.06. The van der Waals surface area contributed by atoms with Crippen LogP contribution in [0.4, 0.5) is 0 Å². The molecular weight excluding hydrogens is 260 g/mol. The van der Waals surface area contributed by atoms with Crippen molar-refractivity contribution in [2.24, 2.45) is 22.9 Å². The number of nitrogens with one attached hydrogen (secondary N) is 1. The molecule has 2 saturated carbocycles. The van der Waals surface area contributed by atoms with E-state index in [0.717, 1.165) is 11.8 Å². The molecule has 2 aliphatic carbocycles. The third-order valence-electron chi connectivity index (χ3n) is 4.33. The van der Waals surface area contributed by atoms with E-state index in [2.05, 4.69) is 10.5 Å². The Morgan fingerprint density at radius 1 is 1.26 bits per heavy atom. The number of halogens is 1. The minimum atomic E-state index is -0.184. The Morgan fingerprint density at radius 3 is 2.68 bits per heavy atom. The summed E-state index contributed by atoms with van der Waals surface area (Å²) in [6.07, 6.45) is 7.23. The van der Waals surface area contributed by atoms with Gasteiger partial charge in [0.25, 0.3) is 5.91 Å². The van der Waals surface area contributed by atoms with Crippen LogP contribution in [0.15, 0.2) is 29.4 Å². The molecule has 1 aromatic carbocycles. The Bertz CT molecular complexity index is 497. The zero-order valence-electron chi connectivity index (χ0n) is 10.7. The van der Waals surface area contributed by atoms with E-state index >= 15 is 0 Å². The summed E-state index contributed by atoms with van der Waals surface area (Å²) in [6.45, 7) is 0. The highest BCUT2D eigenvalue weighted by molar-refractivity contribution is 6.30. The van der Waals surface area contributed by atoms with Gasteiger partial charge in [-0.05, 0) is 61.3 Å². The fraction of sp³-hybridized carbons (Fsp3) is 0.467. The summed E-state index contributed by atoms with van der Waals surface area (Å²) in [5.41, 5.74) is 3.17. The molecule has 0 aliphatic heterocycles. The first-order valence-electron chi connectivity index (χ1n) is 6.81. The normalized spacial score (nSPS) is 29.0. The highest BCUT2D eigenvalue weighted by atomic mass is 35.5. The SMILES string of the molecule is O=C(N/N=C\[C@H]1C[C@@H]2CC[C@@H]1C2)c1ccc(Cl)cc1. The number of carbonyl (C=O) groups excluding carboxylic acids is 1. The molecule has 0 unspecified atom stereocenters. The average Bonchev–Trinajstić information content (AvgIpc) is 3.02. The van der Waals surface area contributed by atoms with Gasteiger partial charge in [0.1, 0.15) is 0 Å². The predicted octanol–water partition coefficient (Wildman–Crippen LogP) is 3.49. The fourth-order valence-corrected chi connectivity index (χ4v) is 3.46. The van der Waals surface area contributed by atoms with Gasteiger partial charge in [-0.15, -0.1) is 0 Å². The van der Waals surface area contributed by atoms with Gasteiger partial charge in [-0.25, -0.2) is 5.43 Å². The molecule has 1 N–H and O–H groups in total. The second-order valence-electron chi connectivity index (χ2n) is 5.56.